The molecule has 7 N–H and O–H groups in total. The predicted molar refractivity (Wildman–Crippen MR) is 92.3 cm³/mol. The van der Waals surface area contributed by atoms with Crippen LogP contribution >= 0.6 is 23.5 Å². The first-order valence-corrected chi connectivity index (χ1v) is 12.1. The van der Waals surface area contributed by atoms with Crippen LogP contribution in [0.3, 0.4) is 0 Å². The van der Waals surface area contributed by atoms with Crippen molar-refractivity contribution in [1.82, 2.24) is 9.55 Å². The van der Waals surface area contributed by atoms with Crippen LogP contribution in [0.2, 0.25) is 0 Å². The lowest BCUT2D eigenvalue weighted by Gasteiger charge is -2.19. The van der Waals surface area contributed by atoms with E-state index in [-0.39, 0.29) is 11.4 Å². The van der Waals surface area contributed by atoms with Gasteiger partial charge in [-0.2, -0.15) is 13.6 Å². The molecular weight excluding hydrogens is 482 g/mol. The summed E-state index contributed by atoms with van der Waals surface area (Å²) in [7, 11) is -16.8. The third kappa shape index (κ3) is 6.47. The average molecular weight is 499 g/mol. The summed E-state index contributed by atoms with van der Waals surface area (Å²) >= 11 is 0. The predicted octanol–water partition coefficient (Wildman–Crippen LogP) is -0.926. The maximum absolute atomic E-state index is 14.4. The molecule has 0 amide bonds. The van der Waals surface area contributed by atoms with E-state index in [1.165, 1.54) is 6.92 Å². The molecule has 1 aromatic heterocycles. The van der Waals surface area contributed by atoms with Gasteiger partial charge in [0.15, 0.2) is 12.4 Å². The van der Waals surface area contributed by atoms with Crippen molar-refractivity contribution >= 4 is 29.3 Å². The van der Waals surface area contributed by atoms with Gasteiger partial charge < -0.3 is 35.2 Å². The molecule has 0 saturated carbocycles. The molecule has 30 heavy (non-hydrogen) atoms. The fourth-order valence-corrected chi connectivity index (χ4v) is 5.33. The second-order valence-corrected chi connectivity index (χ2v) is 10.3. The van der Waals surface area contributed by atoms with Gasteiger partial charge in [-0.15, -0.1) is 0 Å². The Morgan fingerprint density at radius 3 is 2.40 bits per heavy atom. The quantitative estimate of drug-likeness (QED) is 0.236. The molecular formula is C10H17FN3O13P3. The van der Waals surface area contributed by atoms with Crippen LogP contribution in [0.15, 0.2) is 11.0 Å². The zero-order chi connectivity index (χ0) is 23.1. The van der Waals surface area contributed by atoms with Crippen molar-refractivity contribution in [3.63, 3.8) is 0 Å². The smallest absolute Gasteiger partial charge is 0.387 e. The molecule has 1 aliphatic heterocycles. The van der Waals surface area contributed by atoms with Crippen LogP contribution < -0.4 is 11.4 Å². The molecule has 6 atom stereocenters. The maximum Gasteiger partial charge on any atom is 0.490 e. The summed E-state index contributed by atoms with van der Waals surface area (Å²) in [4.78, 5) is 50.7. The number of rotatable bonds is 8. The molecule has 172 valence electrons. The summed E-state index contributed by atoms with van der Waals surface area (Å²) < 4.78 is 65.0. The van der Waals surface area contributed by atoms with Gasteiger partial charge in [-0.25, -0.2) is 22.9 Å². The van der Waals surface area contributed by atoms with Crippen molar-refractivity contribution in [2.24, 2.45) is 0 Å². The number of hydrogen-bond acceptors (Lipinski definition) is 11. The van der Waals surface area contributed by atoms with Crippen molar-refractivity contribution in [2.45, 2.75) is 31.5 Å². The van der Waals surface area contributed by atoms with Crippen LogP contribution in [-0.2, 0) is 31.6 Å². The highest BCUT2D eigenvalue weighted by Crippen LogP contribution is 2.66. The van der Waals surface area contributed by atoms with E-state index in [1.807, 2.05) is 0 Å². The van der Waals surface area contributed by atoms with E-state index < -0.39 is 60.4 Å². The number of nitrogen functional groups attached to an aromatic ring is 1. The van der Waals surface area contributed by atoms with Gasteiger partial charge in [-0.1, -0.05) is 0 Å². The number of phosphoric ester groups is 1. The van der Waals surface area contributed by atoms with Crippen LogP contribution in [0.4, 0.5) is 10.2 Å². The monoisotopic (exact) mass is 499 g/mol. The minimum absolute atomic E-state index is 0.116. The number of aliphatic hydroxyl groups excluding tert-OH is 1. The summed E-state index contributed by atoms with van der Waals surface area (Å²) in [6, 6.07) is 0. The van der Waals surface area contributed by atoms with E-state index in [9.17, 15) is 32.9 Å². The molecule has 2 rings (SSSR count). The lowest BCUT2D eigenvalue weighted by Crippen LogP contribution is -2.34. The Balaban J connectivity index is 2.09. The van der Waals surface area contributed by atoms with E-state index >= 15 is 0 Å². The highest BCUT2D eigenvalue weighted by Gasteiger charge is 2.47. The Morgan fingerprint density at radius 2 is 1.83 bits per heavy atom. The van der Waals surface area contributed by atoms with E-state index in [0.29, 0.717) is 4.57 Å². The van der Waals surface area contributed by atoms with E-state index in [2.05, 4.69) is 18.1 Å². The zero-order valence-corrected chi connectivity index (χ0v) is 17.5. The van der Waals surface area contributed by atoms with Gasteiger partial charge in [0.05, 0.1) is 6.61 Å². The summed E-state index contributed by atoms with van der Waals surface area (Å²) in [5, 5.41) is 9.90. The molecule has 0 spiro atoms. The number of alkyl halides is 1. The molecule has 1 saturated heterocycles. The highest BCUT2D eigenvalue weighted by atomic mass is 31.3. The first-order valence-electron chi connectivity index (χ1n) is 7.62. The number of ether oxygens (including phenoxy) is 1. The largest absolute Gasteiger partial charge is 0.490 e. The van der Waals surface area contributed by atoms with Gasteiger partial charge in [0.1, 0.15) is 18.0 Å². The number of hydrogen-bond donors (Lipinski definition) is 6. The molecule has 0 aliphatic carbocycles. The van der Waals surface area contributed by atoms with Crippen LogP contribution in [-0.4, -0.2) is 59.2 Å². The molecule has 0 aromatic carbocycles. The number of nitrogens with zero attached hydrogens (tertiary/aromatic N) is 2. The summed E-state index contributed by atoms with van der Waals surface area (Å²) in [6.45, 7) is 0.363. The first-order chi connectivity index (χ1) is 13.5. The third-order valence-electron chi connectivity index (χ3n) is 3.56. The number of aryl methyl sites for hydroxylation is 1. The maximum atomic E-state index is 14.4. The van der Waals surface area contributed by atoms with E-state index in [4.69, 9.17) is 25.2 Å². The van der Waals surface area contributed by atoms with Crippen molar-refractivity contribution in [1.29, 1.82) is 0 Å². The number of halogens is 1. The average Bonchev–Trinajstić information content (AvgIpc) is 2.81. The Hall–Kier alpha value is -1.06. The first kappa shape index (κ1) is 25.2. The van der Waals surface area contributed by atoms with Crippen LogP contribution in [0.25, 0.3) is 0 Å². The number of anilines is 1. The second kappa shape index (κ2) is 8.82. The molecule has 1 fully saturated rings. The van der Waals surface area contributed by atoms with Gasteiger partial charge in [-0.05, 0) is 6.92 Å². The summed E-state index contributed by atoms with van der Waals surface area (Å²) in [5.74, 6) is -0.116. The number of phosphoric acid groups is 3. The van der Waals surface area contributed by atoms with Crippen molar-refractivity contribution in [3.05, 3.63) is 22.2 Å². The topological polar surface area (TPSA) is 250 Å². The summed E-state index contributed by atoms with van der Waals surface area (Å²) in [6.07, 6.45) is -6.47. The van der Waals surface area contributed by atoms with Crippen LogP contribution in [0.5, 0.6) is 0 Å². The van der Waals surface area contributed by atoms with Gasteiger partial charge in [0.2, 0.25) is 0 Å². The van der Waals surface area contributed by atoms with Crippen LogP contribution in [0.1, 0.15) is 11.8 Å². The Kier molecular flexibility index (Phi) is 7.41. The van der Waals surface area contributed by atoms with Crippen molar-refractivity contribution in [3.8, 4) is 0 Å². The van der Waals surface area contributed by atoms with Crippen LogP contribution in [0, 0.1) is 6.92 Å². The molecule has 0 radical (unpaired) electrons. The standard InChI is InChI=1S/C10H17FN3O13P3/c1-4-2-14(10(16)13-8(4)12)9-6(11)7(15)5(25-9)3-24-29(20,21)27-30(22,23)26-28(17,18)19/h2,5-7,9,15H,3H2,1H3,(H,20,21)(H,22,23)(H2,12,13,16)(H2,17,18,19)/t5-,6+,7-,9-/m1/s1. The molecule has 1 aliphatic rings. The van der Waals surface area contributed by atoms with Gasteiger partial charge in [0, 0.05) is 11.8 Å². The minimum atomic E-state index is -5.75. The van der Waals surface area contributed by atoms with E-state index in [0.717, 1.165) is 6.20 Å². The molecule has 20 heteroatoms. The number of aliphatic hydroxyl groups is 1. The van der Waals surface area contributed by atoms with E-state index in [1.54, 1.807) is 0 Å². The lowest BCUT2D eigenvalue weighted by molar-refractivity contribution is -0.0482. The summed E-state index contributed by atoms with van der Waals surface area (Å²) in [5.41, 5.74) is 4.74. The highest BCUT2D eigenvalue weighted by molar-refractivity contribution is 7.66. The molecule has 2 unspecified atom stereocenters. The molecule has 0 bridgehead atoms. The zero-order valence-electron chi connectivity index (χ0n) is 14.8. The lowest BCUT2D eigenvalue weighted by atomic mass is 10.1. The fourth-order valence-electron chi connectivity index (χ4n) is 2.30. The number of nitrogens with two attached hydrogens (primary N) is 1. The Bertz CT molecular complexity index is 997. The van der Waals surface area contributed by atoms with Gasteiger partial charge >= 0.3 is 29.2 Å². The Morgan fingerprint density at radius 1 is 1.23 bits per heavy atom. The molecule has 16 nitrogen and oxygen atoms in total. The minimum Gasteiger partial charge on any atom is -0.387 e. The normalized spacial score (nSPS) is 28.8. The fraction of sp³-hybridized carbons (Fsp3) is 0.600. The van der Waals surface area contributed by atoms with Gasteiger partial charge in [0.25, 0.3) is 0 Å². The second-order valence-electron chi connectivity index (χ2n) is 5.89. The van der Waals surface area contributed by atoms with Crippen molar-refractivity contribution in [2.75, 3.05) is 12.3 Å². The Labute approximate surface area is 166 Å². The third-order valence-corrected chi connectivity index (χ3v) is 7.36. The van der Waals surface area contributed by atoms with Crippen molar-refractivity contribution < 1.29 is 60.6 Å². The molecule has 1 aromatic rings. The SMILES string of the molecule is Cc1cn([C@@H]2O[C@H](COP(=O)(O)OP(=O)(O)OP(=O)(O)O)[C@@H](O)[C@@H]2F)c(=O)nc1N. The number of aromatic nitrogens is 2. The molecule has 2 heterocycles. The van der Waals surface area contributed by atoms with Gasteiger partial charge in [-0.3, -0.25) is 9.09 Å².